The molecule has 0 atom stereocenters. The summed E-state index contributed by atoms with van der Waals surface area (Å²) in [6.07, 6.45) is -2.29. The summed E-state index contributed by atoms with van der Waals surface area (Å²) in [6.45, 7) is 2.88. The standard InChI is InChI=1S/C12H14F3N3/c1-11(3-4-11)10-17-8-6-16-5-2-7(8)9(18-10)12(13,14)15/h16H,2-6H2,1H3. The highest BCUT2D eigenvalue weighted by Crippen LogP contribution is 2.47. The number of halogens is 3. The Morgan fingerprint density at radius 3 is 2.56 bits per heavy atom. The van der Waals surface area contributed by atoms with E-state index in [0.717, 1.165) is 12.8 Å². The first-order chi connectivity index (χ1) is 8.40. The molecule has 1 saturated carbocycles. The van der Waals surface area contributed by atoms with Crippen molar-refractivity contribution in [1.82, 2.24) is 15.3 Å². The van der Waals surface area contributed by atoms with Crippen molar-refractivity contribution in [2.45, 2.75) is 44.3 Å². The van der Waals surface area contributed by atoms with E-state index in [9.17, 15) is 13.2 Å². The molecule has 1 N–H and O–H groups in total. The Morgan fingerprint density at radius 2 is 1.94 bits per heavy atom. The Kier molecular flexibility index (Phi) is 2.42. The van der Waals surface area contributed by atoms with E-state index in [2.05, 4.69) is 15.3 Å². The highest BCUT2D eigenvalue weighted by Gasteiger charge is 2.45. The molecule has 98 valence electrons. The van der Waals surface area contributed by atoms with Crippen molar-refractivity contribution >= 4 is 0 Å². The van der Waals surface area contributed by atoms with Gasteiger partial charge in [-0.1, -0.05) is 6.92 Å². The van der Waals surface area contributed by atoms with Gasteiger partial charge in [0.2, 0.25) is 0 Å². The van der Waals surface area contributed by atoms with Crippen LogP contribution in [0.3, 0.4) is 0 Å². The van der Waals surface area contributed by atoms with Crippen LogP contribution in [0.25, 0.3) is 0 Å². The van der Waals surface area contributed by atoms with Gasteiger partial charge >= 0.3 is 6.18 Å². The lowest BCUT2D eigenvalue weighted by molar-refractivity contribution is -0.142. The number of nitrogens with zero attached hydrogens (tertiary/aromatic N) is 2. The largest absolute Gasteiger partial charge is 0.433 e. The van der Waals surface area contributed by atoms with Gasteiger partial charge in [0.05, 0.1) is 5.69 Å². The second-order valence-corrected chi connectivity index (χ2v) is 5.31. The minimum atomic E-state index is -4.38. The molecule has 0 unspecified atom stereocenters. The predicted octanol–water partition coefficient (Wildman–Crippen LogP) is 2.19. The van der Waals surface area contributed by atoms with Crippen molar-refractivity contribution in [3.05, 3.63) is 22.8 Å². The average molecular weight is 257 g/mol. The van der Waals surface area contributed by atoms with Crippen molar-refractivity contribution in [3.63, 3.8) is 0 Å². The van der Waals surface area contributed by atoms with Crippen molar-refractivity contribution < 1.29 is 13.2 Å². The maximum absolute atomic E-state index is 13.1. The SMILES string of the molecule is CC1(c2nc3c(c(C(F)(F)F)n2)CCNC3)CC1. The van der Waals surface area contributed by atoms with Crippen LogP contribution in [-0.4, -0.2) is 16.5 Å². The van der Waals surface area contributed by atoms with Gasteiger partial charge in [0.1, 0.15) is 5.82 Å². The normalized spacial score (nSPS) is 21.6. The first-order valence-corrected chi connectivity index (χ1v) is 6.08. The van der Waals surface area contributed by atoms with Crippen LogP contribution in [0.4, 0.5) is 13.2 Å². The van der Waals surface area contributed by atoms with E-state index in [-0.39, 0.29) is 11.0 Å². The lowest BCUT2D eigenvalue weighted by Gasteiger charge is -2.22. The quantitative estimate of drug-likeness (QED) is 0.838. The third-order valence-corrected chi connectivity index (χ3v) is 3.75. The zero-order valence-corrected chi connectivity index (χ0v) is 10.1. The maximum atomic E-state index is 13.1. The summed E-state index contributed by atoms with van der Waals surface area (Å²) in [6, 6.07) is 0. The van der Waals surface area contributed by atoms with Crippen molar-refractivity contribution in [2.75, 3.05) is 6.54 Å². The molecule has 1 aromatic heterocycles. The van der Waals surface area contributed by atoms with Crippen LogP contribution < -0.4 is 5.32 Å². The van der Waals surface area contributed by atoms with Gasteiger partial charge in [-0.2, -0.15) is 13.2 Å². The van der Waals surface area contributed by atoms with Crippen LogP contribution in [0.2, 0.25) is 0 Å². The van der Waals surface area contributed by atoms with Crippen molar-refractivity contribution in [3.8, 4) is 0 Å². The zero-order valence-electron chi connectivity index (χ0n) is 10.1. The highest BCUT2D eigenvalue weighted by atomic mass is 19.4. The third kappa shape index (κ3) is 1.88. The number of alkyl halides is 3. The molecular formula is C12H14F3N3. The third-order valence-electron chi connectivity index (χ3n) is 3.75. The Balaban J connectivity index is 2.15. The van der Waals surface area contributed by atoms with E-state index >= 15 is 0 Å². The smallest absolute Gasteiger partial charge is 0.311 e. The molecule has 6 heteroatoms. The van der Waals surface area contributed by atoms with E-state index in [1.54, 1.807) is 0 Å². The van der Waals surface area contributed by atoms with Gasteiger partial charge in [0.25, 0.3) is 0 Å². The number of nitrogens with one attached hydrogen (secondary N) is 1. The topological polar surface area (TPSA) is 37.8 Å². The van der Waals surface area contributed by atoms with Crippen molar-refractivity contribution in [1.29, 1.82) is 0 Å². The molecule has 1 aliphatic carbocycles. The van der Waals surface area contributed by atoms with Gasteiger partial charge in [-0.3, -0.25) is 0 Å². The van der Waals surface area contributed by atoms with Gasteiger partial charge in [0, 0.05) is 17.5 Å². The van der Waals surface area contributed by atoms with E-state index < -0.39 is 11.9 Å². The Morgan fingerprint density at radius 1 is 1.22 bits per heavy atom. The minimum absolute atomic E-state index is 0.244. The summed E-state index contributed by atoms with van der Waals surface area (Å²) < 4.78 is 39.2. The van der Waals surface area contributed by atoms with Crippen LogP contribution in [-0.2, 0) is 24.6 Å². The fraction of sp³-hybridized carbons (Fsp3) is 0.667. The van der Waals surface area contributed by atoms with Gasteiger partial charge < -0.3 is 5.32 Å². The summed E-state index contributed by atoms with van der Waals surface area (Å²) in [5.41, 5.74) is -0.176. The van der Waals surface area contributed by atoms with Gasteiger partial charge in [-0.15, -0.1) is 0 Å². The first kappa shape index (κ1) is 11.9. The van der Waals surface area contributed by atoms with Crippen LogP contribution in [0.1, 0.15) is 42.5 Å². The second-order valence-electron chi connectivity index (χ2n) is 5.31. The number of aromatic nitrogens is 2. The highest BCUT2D eigenvalue weighted by molar-refractivity contribution is 5.33. The predicted molar refractivity (Wildman–Crippen MR) is 59.0 cm³/mol. The Labute approximate surface area is 103 Å². The first-order valence-electron chi connectivity index (χ1n) is 6.08. The van der Waals surface area contributed by atoms with Crippen molar-refractivity contribution in [2.24, 2.45) is 0 Å². The maximum Gasteiger partial charge on any atom is 0.433 e. The molecule has 0 bridgehead atoms. The van der Waals surface area contributed by atoms with E-state index in [4.69, 9.17) is 0 Å². The summed E-state index contributed by atoms with van der Waals surface area (Å²) in [5, 5.41) is 3.06. The number of rotatable bonds is 1. The van der Waals surface area contributed by atoms with Gasteiger partial charge in [-0.25, -0.2) is 9.97 Å². The molecule has 0 saturated heterocycles. The fourth-order valence-electron chi connectivity index (χ4n) is 2.27. The van der Waals surface area contributed by atoms with E-state index in [1.165, 1.54) is 0 Å². The number of fused-ring (bicyclic) bond motifs is 1. The molecule has 2 aliphatic rings. The molecule has 3 nitrogen and oxygen atoms in total. The van der Waals surface area contributed by atoms with E-state index in [1.807, 2.05) is 6.92 Å². The molecule has 1 fully saturated rings. The Hall–Kier alpha value is -1.17. The molecule has 0 spiro atoms. The van der Waals surface area contributed by atoms with Gasteiger partial charge in [-0.05, 0) is 25.8 Å². The molecule has 18 heavy (non-hydrogen) atoms. The molecule has 0 aromatic carbocycles. The van der Waals surface area contributed by atoms with Crippen LogP contribution in [0, 0.1) is 0 Å². The molecular weight excluding hydrogens is 243 g/mol. The lowest BCUT2D eigenvalue weighted by Crippen LogP contribution is -2.30. The molecule has 0 amide bonds. The van der Waals surface area contributed by atoms with Gasteiger partial charge in [0.15, 0.2) is 5.69 Å². The second kappa shape index (κ2) is 3.66. The molecule has 0 radical (unpaired) electrons. The molecule has 1 aromatic rings. The lowest BCUT2D eigenvalue weighted by atomic mass is 10.0. The number of hydrogen-bond acceptors (Lipinski definition) is 3. The zero-order chi connectivity index (χ0) is 13.0. The summed E-state index contributed by atoms with van der Waals surface area (Å²) in [7, 11) is 0. The average Bonchev–Trinajstić information content (AvgIpc) is 3.06. The Bertz CT molecular complexity index is 492. The molecule has 3 rings (SSSR count). The monoisotopic (exact) mass is 257 g/mol. The summed E-state index contributed by atoms with van der Waals surface area (Å²) in [4.78, 5) is 8.17. The molecule has 2 heterocycles. The van der Waals surface area contributed by atoms with Crippen LogP contribution in [0.5, 0.6) is 0 Å². The number of hydrogen-bond donors (Lipinski definition) is 1. The van der Waals surface area contributed by atoms with Crippen LogP contribution >= 0.6 is 0 Å². The molecule has 1 aliphatic heterocycles. The van der Waals surface area contributed by atoms with Crippen LogP contribution in [0.15, 0.2) is 0 Å². The fourth-order valence-corrected chi connectivity index (χ4v) is 2.27. The van der Waals surface area contributed by atoms with E-state index in [0.29, 0.717) is 31.0 Å². The minimum Gasteiger partial charge on any atom is -0.311 e. The summed E-state index contributed by atoms with van der Waals surface area (Å²) >= 11 is 0. The summed E-state index contributed by atoms with van der Waals surface area (Å²) in [5.74, 6) is 0.359.